The van der Waals surface area contributed by atoms with Crippen LogP contribution in [0.3, 0.4) is 0 Å². The van der Waals surface area contributed by atoms with Gasteiger partial charge in [-0.25, -0.2) is 14.6 Å². The zero-order valence-corrected chi connectivity index (χ0v) is 11.9. The molecule has 2 rings (SSSR count). The molecule has 0 unspecified atom stereocenters. The van der Waals surface area contributed by atoms with E-state index in [2.05, 4.69) is 9.72 Å². The van der Waals surface area contributed by atoms with Crippen molar-refractivity contribution in [2.75, 3.05) is 13.7 Å². The van der Waals surface area contributed by atoms with Gasteiger partial charge in [-0.05, 0) is 12.5 Å². The Bertz CT molecular complexity index is 622. The molecule has 6 heteroatoms. The molecule has 2 aromatic rings. The van der Waals surface area contributed by atoms with E-state index in [1.165, 1.54) is 13.3 Å². The number of hydrogen-bond acceptors (Lipinski definition) is 5. The average Bonchev–Trinajstić information content (AvgIpc) is 3.01. The molecule has 0 radical (unpaired) electrons. The molecule has 0 spiro atoms. The van der Waals surface area contributed by atoms with Crippen molar-refractivity contribution in [2.45, 2.75) is 13.0 Å². The topological polar surface area (TPSA) is 70.4 Å². The Morgan fingerprint density at radius 3 is 2.67 bits per heavy atom. The molecule has 0 aliphatic rings. The van der Waals surface area contributed by atoms with Gasteiger partial charge in [-0.2, -0.15) is 0 Å². The largest absolute Gasteiger partial charge is 0.466 e. The second-order valence-electron chi connectivity index (χ2n) is 4.43. The van der Waals surface area contributed by atoms with Gasteiger partial charge in [-0.15, -0.1) is 0 Å². The normalized spacial score (nSPS) is 11.7. The third kappa shape index (κ3) is 3.47. The molecule has 1 aromatic heterocycles. The number of carbonyl (C=O) groups excluding carboxylic acids is 2. The fourth-order valence-corrected chi connectivity index (χ4v) is 1.92. The smallest absolute Gasteiger partial charge is 0.357 e. The van der Waals surface area contributed by atoms with E-state index in [0.717, 1.165) is 5.56 Å². The lowest BCUT2D eigenvalue weighted by Gasteiger charge is -2.16. The quantitative estimate of drug-likeness (QED) is 0.785. The number of imidazole rings is 1. The fourth-order valence-electron chi connectivity index (χ4n) is 1.92. The van der Waals surface area contributed by atoms with E-state index < -0.39 is 18.5 Å². The SMILES string of the molecule is COC(=O)COC(=O)c1cncn1[C@H](C)c1ccccc1. The van der Waals surface area contributed by atoms with E-state index in [4.69, 9.17) is 4.74 Å². The molecule has 0 saturated carbocycles. The lowest BCUT2D eigenvalue weighted by atomic mass is 10.1. The Balaban J connectivity index is 2.15. The molecule has 21 heavy (non-hydrogen) atoms. The molecule has 0 amide bonds. The molecule has 6 nitrogen and oxygen atoms in total. The number of esters is 2. The van der Waals surface area contributed by atoms with Crippen LogP contribution in [0.4, 0.5) is 0 Å². The number of carbonyl (C=O) groups is 2. The van der Waals surface area contributed by atoms with Gasteiger partial charge in [0.15, 0.2) is 6.61 Å². The Kier molecular flexibility index (Phi) is 4.71. The molecule has 0 aliphatic heterocycles. The summed E-state index contributed by atoms with van der Waals surface area (Å²) >= 11 is 0. The highest BCUT2D eigenvalue weighted by molar-refractivity contribution is 5.89. The van der Waals surface area contributed by atoms with E-state index in [1.807, 2.05) is 37.3 Å². The first-order chi connectivity index (χ1) is 10.1. The molecule has 0 saturated heterocycles. The Hall–Kier alpha value is -2.63. The van der Waals surface area contributed by atoms with Crippen LogP contribution in [-0.2, 0) is 14.3 Å². The van der Waals surface area contributed by atoms with Crippen molar-refractivity contribution in [1.82, 2.24) is 9.55 Å². The minimum Gasteiger partial charge on any atom is -0.466 e. The fraction of sp³-hybridized carbons (Fsp3) is 0.267. The van der Waals surface area contributed by atoms with Gasteiger partial charge in [0.25, 0.3) is 0 Å². The van der Waals surface area contributed by atoms with Crippen molar-refractivity contribution in [2.24, 2.45) is 0 Å². The third-order valence-corrected chi connectivity index (χ3v) is 3.12. The summed E-state index contributed by atoms with van der Waals surface area (Å²) in [4.78, 5) is 27.0. The van der Waals surface area contributed by atoms with E-state index >= 15 is 0 Å². The van der Waals surface area contributed by atoms with Crippen LogP contribution >= 0.6 is 0 Å². The monoisotopic (exact) mass is 288 g/mol. The zero-order valence-electron chi connectivity index (χ0n) is 11.9. The minimum absolute atomic E-state index is 0.0747. The van der Waals surface area contributed by atoms with E-state index in [0.29, 0.717) is 0 Å². The zero-order chi connectivity index (χ0) is 15.2. The molecule has 1 aromatic carbocycles. The second-order valence-corrected chi connectivity index (χ2v) is 4.43. The van der Waals surface area contributed by atoms with Crippen LogP contribution in [0.1, 0.15) is 29.0 Å². The van der Waals surface area contributed by atoms with Gasteiger partial charge in [0.1, 0.15) is 5.69 Å². The lowest BCUT2D eigenvalue weighted by Crippen LogP contribution is -2.19. The number of aromatic nitrogens is 2. The van der Waals surface area contributed by atoms with Crippen LogP contribution in [0.25, 0.3) is 0 Å². The van der Waals surface area contributed by atoms with Crippen LogP contribution < -0.4 is 0 Å². The summed E-state index contributed by atoms with van der Waals surface area (Å²) in [6, 6.07) is 9.64. The van der Waals surface area contributed by atoms with Crippen molar-refractivity contribution in [3.8, 4) is 0 Å². The Labute approximate surface area is 122 Å². The van der Waals surface area contributed by atoms with Gasteiger partial charge in [-0.1, -0.05) is 30.3 Å². The highest BCUT2D eigenvalue weighted by Gasteiger charge is 2.19. The standard InChI is InChI=1S/C15H16N2O4/c1-11(12-6-4-3-5-7-12)17-10-16-8-13(17)15(19)21-9-14(18)20-2/h3-8,10-11H,9H2,1-2H3/t11-/m1/s1. The number of nitrogens with zero attached hydrogens (tertiary/aromatic N) is 2. The summed E-state index contributed by atoms with van der Waals surface area (Å²) in [6.07, 6.45) is 2.98. The Morgan fingerprint density at radius 2 is 2.00 bits per heavy atom. The maximum atomic E-state index is 12.0. The van der Waals surface area contributed by atoms with Crippen molar-refractivity contribution < 1.29 is 19.1 Å². The van der Waals surface area contributed by atoms with Crippen LogP contribution in [0.5, 0.6) is 0 Å². The average molecular weight is 288 g/mol. The van der Waals surface area contributed by atoms with E-state index in [1.54, 1.807) is 10.9 Å². The van der Waals surface area contributed by atoms with Gasteiger partial charge in [0.2, 0.25) is 0 Å². The molecule has 0 aliphatic carbocycles. The van der Waals surface area contributed by atoms with Gasteiger partial charge in [0, 0.05) is 0 Å². The van der Waals surface area contributed by atoms with E-state index in [-0.39, 0.29) is 11.7 Å². The first-order valence-corrected chi connectivity index (χ1v) is 6.44. The predicted octanol–water partition coefficient (Wildman–Crippen LogP) is 1.82. The summed E-state index contributed by atoms with van der Waals surface area (Å²) in [5.74, 6) is -1.22. The van der Waals surface area contributed by atoms with Gasteiger partial charge in [-0.3, -0.25) is 0 Å². The molecule has 0 fully saturated rings. The number of rotatable bonds is 5. The summed E-state index contributed by atoms with van der Waals surface area (Å²) in [6.45, 7) is 1.54. The highest BCUT2D eigenvalue weighted by atomic mass is 16.6. The van der Waals surface area contributed by atoms with Gasteiger partial charge < -0.3 is 14.0 Å². The molecular weight excluding hydrogens is 272 g/mol. The molecule has 0 N–H and O–H groups in total. The van der Waals surface area contributed by atoms with Gasteiger partial charge >= 0.3 is 11.9 Å². The van der Waals surface area contributed by atoms with Gasteiger partial charge in [0.05, 0.1) is 25.7 Å². The summed E-state index contributed by atoms with van der Waals surface area (Å²) in [7, 11) is 1.23. The van der Waals surface area contributed by atoms with Crippen molar-refractivity contribution in [3.05, 3.63) is 54.1 Å². The Morgan fingerprint density at radius 1 is 1.29 bits per heavy atom. The summed E-state index contributed by atoms with van der Waals surface area (Å²) in [5, 5.41) is 0. The predicted molar refractivity (Wildman–Crippen MR) is 74.8 cm³/mol. The summed E-state index contributed by atoms with van der Waals surface area (Å²) in [5.41, 5.74) is 1.33. The first kappa shape index (κ1) is 14.8. The summed E-state index contributed by atoms with van der Waals surface area (Å²) < 4.78 is 11.0. The molecule has 1 atom stereocenters. The number of benzene rings is 1. The maximum absolute atomic E-state index is 12.0. The second kappa shape index (κ2) is 6.69. The minimum atomic E-state index is -0.610. The van der Waals surface area contributed by atoms with Crippen LogP contribution in [0.2, 0.25) is 0 Å². The number of ether oxygens (including phenoxy) is 2. The van der Waals surface area contributed by atoms with Crippen molar-refractivity contribution in [3.63, 3.8) is 0 Å². The number of hydrogen-bond donors (Lipinski definition) is 0. The third-order valence-electron chi connectivity index (χ3n) is 3.12. The number of methoxy groups -OCH3 is 1. The lowest BCUT2D eigenvalue weighted by molar-refractivity contribution is -0.144. The van der Waals surface area contributed by atoms with E-state index in [9.17, 15) is 9.59 Å². The van der Waals surface area contributed by atoms with Crippen molar-refractivity contribution in [1.29, 1.82) is 0 Å². The molecule has 1 heterocycles. The molecule has 110 valence electrons. The van der Waals surface area contributed by atoms with Crippen LogP contribution in [0, 0.1) is 0 Å². The first-order valence-electron chi connectivity index (χ1n) is 6.44. The molecular formula is C15H16N2O4. The highest BCUT2D eigenvalue weighted by Crippen LogP contribution is 2.19. The van der Waals surface area contributed by atoms with Crippen LogP contribution in [0.15, 0.2) is 42.9 Å². The maximum Gasteiger partial charge on any atom is 0.357 e. The molecule has 0 bridgehead atoms. The van der Waals surface area contributed by atoms with Crippen molar-refractivity contribution >= 4 is 11.9 Å². The van der Waals surface area contributed by atoms with Crippen LogP contribution in [-0.4, -0.2) is 35.2 Å².